The van der Waals surface area contributed by atoms with Crippen LogP contribution in [0.2, 0.25) is 0 Å². The molecular weight excluding hydrogens is 269 g/mol. The summed E-state index contributed by atoms with van der Waals surface area (Å²) in [5.74, 6) is 0.514. The van der Waals surface area contributed by atoms with Crippen LogP contribution in [-0.4, -0.2) is 22.5 Å². The van der Waals surface area contributed by atoms with Gasteiger partial charge in [-0.1, -0.05) is 37.7 Å². The zero-order valence-corrected chi connectivity index (χ0v) is 12.2. The van der Waals surface area contributed by atoms with Gasteiger partial charge in [0.2, 0.25) is 0 Å². The Morgan fingerprint density at radius 2 is 1.78 bits per heavy atom. The predicted octanol–water partition coefficient (Wildman–Crippen LogP) is 2.69. The van der Waals surface area contributed by atoms with Gasteiger partial charge in [0.25, 0.3) is 0 Å². The van der Waals surface area contributed by atoms with Crippen LogP contribution in [-0.2, 0) is 5.75 Å². The van der Waals surface area contributed by atoms with E-state index >= 15 is 0 Å². The molecule has 0 radical (unpaired) electrons. The van der Waals surface area contributed by atoms with E-state index in [1.165, 1.54) is 23.9 Å². The lowest BCUT2D eigenvalue weighted by Crippen LogP contribution is -2.50. The summed E-state index contributed by atoms with van der Waals surface area (Å²) in [6.45, 7) is 5.61. The molecule has 0 saturated carbocycles. The summed E-state index contributed by atoms with van der Waals surface area (Å²) in [5, 5.41) is 1.75. The number of hydrogen-bond donors (Lipinski definition) is 2. The molecule has 0 unspecified atom stereocenters. The van der Waals surface area contributed by atoms with E-state index in [1.807, 2.05) is 13.8 Å². The van der Waals surface area contributed by atoms with Gasteiger partial charge >= 0.3 is 0 Å². The van der Waals surface area contributed by atoms with Gasteiger partial charge in [0.1, 0.15) is 5.82 Å². The normalized spacial score (nSPS) is 10.4. The molecule has 0 bridgehead atoms. The molecule has 0 atom stereocenters. The molecule has 1 aromatic rings. The van der Waals surface area contributed by atoms with Crippen molar-refractivity contribution < 1.29 is 4.39 Å². The Bertz CT molecular complexity index is 364. The Labute approximate surface area is 117 Å². The molecular formula is C12H18FN3S2. The van der Waals surface area contributed by atoms with Crippen LogP contribution >= 0.6 is 24.0 Å². The van der Waals surface area contributed by atoms with Crippen LogP contribution < -0.4 is 10.9 Å². The Morgan fingerprint density at radius 1 is 1.22 bits per heavy atom. The predicted molar refractivity (Wildman–Crippen MR) is 79.5 cm³/mol. The van der Waals surface area contributed by atoms with Gasteiger partial charge in [-0.05, 0) is 29.9 Å². The van der Waals surface area contributed by atoms with Crippen molar-refractivity contribution in [3.63, 3.8) is 0 Å². The average Bonchev–Trinajstić information content (AvgIpc) is 2.37. The summed E-state index contributed by atoms with van der Waals surface area (Å²) in [7, 11) is 0. The number of hydrogen-bond acceptors (Lipinski definition) is 4. The zero-order chi connectivity index (χ0) is 13.4. The van der Waals surface area contributed by atoms with E-state index in [9.17, 15) is 4.39 Å². The summed E-state index contributed by atoms with van der Waals surface area (Å²) >= 11 is 6.85. The summed E-state index contributed by atoms with van der Waals surface area (Å²) in [6.07, 6.45) is 0. The average molecular weight is 287 g/mol. The molecule has 0 aromatic heterocycles. The first kappa shape index (κ1) is 15.4. The summed E-state index contributed by atoms with van der Waals surface area (Å²) in [6, 6.07) is 6.47. The van der Waals surface area contributed by atoms with E-state index in [1.54, 1.807) is 17.3 Å². The molecule has 0 amide bonds. The zero-order valence-electron chi connectivity index (χ0n) is 10.6. The number of nitrogens with one attached hydrogen (secondary N) is 2. The topological polar surface area (TPSA) is 27.3 Å². The first-order chi connectivity index (χ1) is 8.67. The van der Waals surface area contributed by atoms with Crippen LogP contribution in [0.1, 0.15) is 19.4 Å². The fourth-order valence-corrected chi connectivity index (χ4v) is 2.34. The van der Waals surface area contributed by atoms with E-state index in [0.29, 0.717) is 0 Å². The lowest BCUT2D eigenvalue weighted by Gasteiger charge is -2.24. The number of rotatable bonds is 6. The van der Waals surface area contributed by atoms with Crippen molar-refractivity contribution >= 4 is 28.3 Å². The number of halogens is 1. The maximum atomic E-state index is 12.8. The first-order valence-electron chi connectivity index (χ1n) is 5.85. The second kappa shape index (κ2) is 8.42. The highest BCUT2D eigenvalue weighted by atomic mass is 32.2. The summed E-state index contributed by atoms with van der Waals surface area (Å²) in [5.41, 5.74) is 7.31. The lowest BCUT2D eigenvalue weighted by molar-refractivity contribution is 0.241. The molecule has 100 valence electrons. The Hall–Kier alpha value is -0.690. The Morgan fingerprint density at radius 3 is 2.28 bits per heavy atom. The van der Waals surface area contributed by atoms with Crippen molar-refractivity contribution in [2.45, 2.75) is 19.6 Å². The smallest absolute Gasteiger partial charge is 0.167 e. The van der Waals surface area contributed by atoms with Crippen LogP contribution in [0.5, 0.6) is 0 Å². The summed E-state index contributed by atoms with van der Waals surface area (Å²) in [4.78, 5) is 0. The molecule has 0 aliphatic rings. The molecule has 18 heavy (non-hydrogen) atoms. The fraction of sp³-hybridized carbons (Fsp3) is 0.417. The molecule has 0 heterocycles. The second-order valence-electron chi connectivity index (χ2n) is 3.54. The van der Waals surface area contributed by atoms with E-state index in [4.69, 9.17) is 12.2 Å². The monoisotopic (exact) mass is 287 g/mol. The van der Waals surface area contributed by atoms with Crippen LogP contribution in [0, 0.1) is 5.82 Å². The van der Waals surface area contributed by atoms with Crippen molar-refractivity contribution in [2.24, 2.45) is 0 Å². The number of hydrazine groups is 2. The van der Waals surface area contributed by atoms with Gasteiger partial charge in [-0.3, -0.25) is 0 Å². The SMILES string of the molecule is CCNN(NCC)C(=S)SCc1ccc(F)cc1. The van der Waals surface area contributed by atoms with Crippen molar-refractivity contribution in [1.29, 1.82) is 0 Å². The number of thiocarbonyl (C=S) groups is 1. The Balaban J connectivity index is 2.45. The molecule has 0 aliphatic heterocycles. The maximum absolute atomic E-state index is 12.8. The molecule has 2 N–H and O–H groups in total. The fourth-order valence-electron chi connectivity index (χ4n) is 1.29. The Kier molecular flexibility index (Phi) is 7.19. The highest BCUT2D eigenvalue weighted by Crippen LogP contribution is 2.15. The number of benzene rings is 1. The molecule has 0 spiro atoms. The van der Waals surface area contributed by atoms with Gasteiger partial charge in [0.05, 0.1) is 0 Å². The van der Waals surface area contributed by atoms with Gasteiger partial charge in [-0.15, -0.1) is 0 Å². The standard InChI is InChI=1S/C12H18FN3S2/c1-3-14-16(15-4-2)12(17)18-9-10-5-7-11(13)8-6-10/h5-8,14-15H,3-4,9H2,1-2H3. The lowest BCUT2D eigenvalue weighted by atomic mass is 10.2. The maximum Gasteiger partial charge on any atom is 0.167 e. The molecule has 1 aromatic carbocycles. The minimum atomic E-state index is -0.215. The van der Waals surface area contributed by atoms with E-state index < -0.39 is 0 Å². The van der Waals surface area contributed by atoms with Crippen molar-refractivity contribution in [2.75, 3.05) is 13.1 Å². The van der Waals surface area contributed by atoms with Gasteiger partial charge < -0.3 is 0 Å². The van der Waals surface area contributed by atoms with Crippen LogP contribution in [0.15, 0.2) is 24.3 Å². The third-order valence-corrected chi connectivity index (χ3v) is 3.53. The second-order valence-corrected chi connectivity index (χ2v) is 5.15. The largest absolute Gasteiger partial charge is 0.224 e. The number of thioether (sulfide) groups is 1. The molecule has 0 fully saturated rings. The highest BCUT2D eigenvalue weighted by molar-refractivity contribution is 8.22. The van der Waals surface area contributed by atoms with Crippen LogP contribution in [0.4, 0.5) is 4.39 Å². The highest BCUT2D eigenvalue weighted by Gasteiger charge is 2.08. The van der Waals surface area contributed by atoms with E-state index in [-0.39, 0.29) is 5.82 Å². The minimum absolute atomic E-state index is 0.215. The van der Waals surface area contributed by atoms with Gasteiger partial charge in [-0.25, -0.2) is 20.4 Å². The third-order valence-electron chi connectivity index (χ3n) is 2.09. The van der Waals surface area contributed by atoms with Gasteiger partial charge in [0.15, 0.2) is 4.32 Å². The molecule has 1 rings (SSSR count). The quantitative estimate of drug-likeness (QED) is 0.620. The van der Waals surface area contributed by atoms with Gasteiger partial charge in [0, 0.05) is 18.8 Å². The van der Waals surface area contributed by atoms with Crippen LogP contribution in [0.25, 0.3) is 0 Å². The molecule has 3 nitrogen and oxygen atoms in total. The van der Waals surface area contributed by atoms with Crippen molar-refractivity contribution in [1.82, 2.24) is 16.0 Å². The van der Waals surface area contributed by atoms with Crippen LogP contribution in [0.3, 0.4) is 0 Å². The third kappa shape index (κ3) is 5.30. The summed E-state index contributed by atoms with van der Waals surface area (Å²) < 4.78 is 13.5. The van der Waals surface area contributed by atoms with Gasteiger partial charge in [-0.2, -0.15) is 0 Å². The molecule has 6 heteroatoms. The van der Waals surface area contributed by atoms with E-state index in [0.717, 1.165) is 28.7 Å². The molecule has 0 aliphatic carbocycles. The minimum Gasteiger partial charge on any atom is -0.224 e. The van der Waals surface area contributed by atoms with Crippen molar-refractivity contribution in [3.8, 4) is 0 Å². The van der Waals surface area contributed by atoms with Crippen molar-refractivity contribution in [3.05, 3.63) is 35.6 Å². The van der Waals surface area contributed by atoms with E-state index in [2.05, 4.69) is 10.9 Å². The first-order valence-corrected chi connectivity index (χ1v) is 7.25. The molecule has 0 saturated heterocycles. The number of nitrogens with zero attached hydrogens (tertiary/aromatic N) is 1.